The summed E-state index contributed by atoms with van der Waals surface area (Å²) in [6.45, 7) is 1.05. The summed E-state index contributed by atoms with van der Waals surface area (Å²) in [5, 5.41) is 0. The zero-order valence-corrected chi connectivity index (χ0v) is 13.6. The second kappa shape index (κ2) is 5.71. The molecule has 0 N–H and O–H groups in total. The molecule has 1 amide bonds. The van der Waals surface area contributed by atoms with Gasteiger partial charge in [0.15, 0.2) is 0 Å². The molecule has 1 aromatic heterocycles. The van der Waals surface area contributed by atoms with E-state index in [-0.39, 0.29) is 17.8 Å². The maximum atomic E-state index is 12.2. The van der Waals surface area contributed by atoms with Crippen molar-refractivity contribution >= 4 is 55.1 Å². The van der Waals surface area contributed by atoms with E-state index in [1.807, 2.05) is 0 Å². The van der Waals surface area contributed by atoms with Gasteiger partial charge in [-0.3, -0.25) is 9.59 Å². The van der Waals surface area contributed by atoms with Crippen LogP contribution >= 0.6 is 43.2 Å². The number of likely N-dealkylation sites (tertiary alicyclic amines) is 1. The molecule has 1 fully saturated rings. The fourth-order valence-electron chi connectivity index (χ4n) is 1.91. The van der Waals surface area contributed by atoms with E-state index < -0.39 is 0 Å². The van der Waals surface area contributed by atoms with Crippen molar-refractivity contribution in [3.8, 4) is 0 Å². The number of rotatable bonds is 2. The average Bonchev–Trinajstić information content (AvgIpc) is 2.96. The molecule has 1 atom stereocenters. The Morgan fingerprint density at radius 1 is 1.50 bits per heavy atom. The summed E-state index contributed by atoms with van der Waals surface area (Å²) in [6, 6.07) is 1.79. The Labute approximate surface area is 126 Å². The molecule has 1 aromatic rings. The maximum Gasteiger partial charge on any atom is 0.310 e. The predicted octanol–water partition coefficient (Wildman–Crippen LogP) is 2.91. The first-order valence-electron chi connectivity index (χ1n) is 5.35. The van der Waals surface area contributed by atoms with Gasteiger partial charge in [-0.2, -0.15) is 0 Å². The van der Waals surface area contributed by atoms with Crippen LogP contribution in [0.2, 0.25) is 0 Å². The third-order valence-electron chi connectivity index (χ3n) is 2.87. The first kappa shape index (κ1) is 14.0. The molecule has 7 heteroatoms. The summed E-state index contributed by atoms with van der Waals surface area (Å²) in [7, 11) is 1.38. The van der Waals surface area contributed by atoms with Crippen molar-refractivity contribution in [3.63, 3.8) is 0 Å². The topological polar surface area (TPSA) is 46.6 Å². The third kappa shape index (κ3) is 2.78. The summed E-state index contributed by atoms with van der Waals surface area (Å²) < 4.78 is 6.47. The highest BCUT2D eigenvalue weighted by molar-refractivity contribution is 9.13. The van der Waals surface area contributed by atoms with Crippen molar-refractivity contribution in [2.75, 3.05) is 20.2 Å². The lowest BCUT2D eigenvalue weighted by Gasteiger charge is -2.14. The van der Waals surface area contributed by atoms with Crippen LogP contribution in [0.5, 0.6) is 0 Å². The van der Waals surface area contributed by atoms with Crippen LogP contribution in [-0.4, -0.2) is 37.0 Å². The standard InChI is InChI=1S/C11H11Br2NO3S/c1-17-11(16)6-2-3-14(5-6)10(15)8-4-7(12)9(13)18-8/h4,6H,2-3,5H2,1H3. The van der Waals surface area contributed by atoms with E-state index in [2.05, 4.69) is 31.9 Å². The number of methoxy groups -OCH3 is 1. The number of ether oxygens (including phenoxy) is 1. The molecule has 0 spiro atoms. The van der Waals surface area contributed by atoms with Crippen molar-refractivity contribution in [3.05, 3.63) is 19.2 Å². The molecule has 1 saturated heterocycles. The van der Waals surface area contributed by atoms with Crippen LogP contribution in [0.25, 0.3) is 0 Å². The highest BCUT2D eigenvalue weighted by Crippen LogP contribution is 2.33. The zero-order valence-electron chi connectivity index (χ0n) is 9.61. The van der Waals surface area contributed by atoms with Crippen LogP contribution < -0.4 is 0 Å². The Morgan fingerprint density at radius 2 is 2.22 bits per heavy atom. The number of thiophene rings is 1. The maximum absolute atomic E-state index is 12.2. The number of hydrogen-bond donors (Lipinski definition) is 0. The summed E-state index contributed by atoms with van der Waals surface area (Å²) in [4.78, 5) is 26.0. The number of hydrogen-bond acceptors (Lipinski definition) is 4. The predicted molar refractivity (Wildman–Crippen MR) is 75.7 cm³/mol. The monoisotopic (exact) mass is 395 g/mol. The lowest BCUT2D eigenvalue weighted by molar-refractivity contribution is -0.144. The molecule has 4 nitrogen and oxygen atoms in total. The van der Waals surface area contributed by atoms with Crippen LogP contribution in [0.15, 0.2) is 14.3 Å². The molecule has 2 rings (SSSR count). The Bertz CT molecular complexity index is 469. The van der Waals surface area contributed by atoms with Gasteiger partial charge in [0.1, 0.15) is 0 Å². The molecule has 0 aromatic carbocycles. The molecule has 1 unspecified atom stereocenters. The SMILES string of the molecule is COC(=O)C1CCN(C(=O)c2cc(Br)c(Br)s2)C1. The minimum absolute atomic E-state index is 0.0298. The summed E-state index contributed by atoms with van der Waals surface area (Å²) >= 11 is 8.11. The largest absolute Gasteiger partial charge is 0.469 e. The van der Waals surface area contributed by atoms with Crippen LogP contribution in [-0.2, 0) is 9.53 Å². The van der Waals surface area contributed by atoms with Gasteiger partial charge in [-0.15, -0.1) is 11.3 Å². The number of carbonyl (C=O) groups excluding carboxylic acids is 2. The molecule has 18 heavy (non-hydrogen) atoms. The van der Waals surface area contributed by atoms with Gasteiger partial charge in [-0.25, -0.2) is 0 Å². The van der Waals surface area contributed by atoms with E-state index in [4.69, 9.17) is 4.74 Å². The van der Waals surface area contributed by atoms with Crippen molar-refractivity contribution in [2.45, 2.75) is 6.42 Å². The van der Waals surface area contributed by atoms with Crippen LogP contribution in [0, 0.1) is 5.92 Å². The van der Waals surface area contributed by atoms with E-state index in [0.29, 0.717) is 24.4 Å². The van der Waals surface area contributed by atoms with Crippen LogP contribution in [0.3, 0.4) is 0 Å². The normalized spacial score (nSPS) is 19.1. The molecular formula is C11H11Br2NO3S. The smallest absolute Gasteiger partial charge is 0.310 e. The van der Waals surface area contributed by atoms with Gasteiger partial charge in [0, 0.05) is 17.6 Å². The highest BCUT2D eigenvalue weighted by atomic mass is 79.9. The van der Waals surface area contributed by atoms with Gasteiger partial charge in [-0.05, 0) is 44.3 Å². The molecular weight excluding hydrogens is 386 g/mol. The second-order valence-corrected chi connectivity index (χ2v) is 7.22. The van der Waals surface area contributed by atoms with E-state index in [9.17, 15) is 9.59 Å². The first-order valence-corrected chi connectivity index (χ1v) is 7.75. The van der Waals surface area contributed by atoms with Crippen molar-refractivity contribution < 1.29 is 14.3 Å². The van der Waals surface area contributed by atoms with E-state index in [1.54, 1.807) is 11.0 Å². The fraction of sp³-hybridized carbons (Fsp3) is 0.455. The molecule has 1 aliphatic rings. The Balaban J connectivity index is 2.05. The summed E-state index contributed by atoms with van der Waals surface area (Å²) in [5.74, 6) is -0.456. The third-order valence-corrected chi connectivity index (χ3v) is 6.11. The molecule has 0 bridgehead atoms. The number of halogens is 2. The Hall–Kier alpha value is -0.400. The molecule has 1 aliphatic heterocycles. The molecule has 2 heterocycles. The van der Waals surface area contributed by atoms with E-state index in [1.165, 1.54) is 18.4 Å². The number of esters is 1. The zero-order chi connectivity index (χ0) is 13.3. The lowest BCUT2D eigenvalue weighted by atomic mass is 10.1. The van der Waals surface area contributed by atoms with Gasteiger partial charge < -0.3 is 9.64 Å². The molecule has 0 saturated carbocycles. The van der Waals surface area contributed by atoms with Gasteiger partial charge >= 0.3 is 5.97 Å². The minimum Gasteiger partial charge on any atom is -0.469 e. The van der Waals surface area contributed by atoms with Gasteiger partial charge in [0.2, 0.25) is 0 Å². The molecule has 0 aliphatic carbocycles. The number of nitrogens with zero attached hydrogens (tertiary/aromatic N) is 1. The lowest BCUT2D eigenvalue weighted by Crippen LogP contribution is -2.29. The number of carbonyl (C=O) groups is 2. The second-order valence-electron chi connectivity index (χ2n) is 3.99. The van der Waals surface area contributed by atoms with Crippen LogP contribution in [0.4, 0.5) is 0 Å². The van der Waals surface area contributed by atoms with Gasteiger partial charge in [0.25, 0.3) is 5.91 Å². The first-order chi connectivity index (χ1) is 8.52. The van der Waals surface area contributed by atoms with Crippen molar-refractivity contribution in [1.29, 1.82) is 0 Å². The van der Waals surface area contributed by atoms with Crippen LogP contribution in [0.1, 0.15) is 16.1 Å². The number of amides is 1. The quantitative estimate of drug-likeness (QED) is 0.722. The molecule has 98 valence electrons. The van der Waals surface area contributed by atoms with E-state index >= 15 is 0 Å². The van der Waals surface area contributed by atoms with Crippen molar-refractivity contribution in [2.24, 2.45) is 5.92 Å². The highest BCUT2D eigenvalue weighted by Gasteiger charge is 2.32. The Morgan fingerprint density at radius 3 is 2.78 bits per heavy atom. The van der Waals surface area contributed by atoms with Gasteiger partial charge in [0.05, 0.1) is 21.7 Å². The Kier molecular flexibility index (Phi) is 4.45. The summed E-state index contributed by atoms with van der Waals surface area (Å²) in [6.07, 6.45) is 0.673. The summed E-state index contributed by atoms with van der Waals surface area (Å²) in [5.41, 5.74) is 0. The minimum atomic E-state index is -0.237. The average molecular weight is 397 g/mol. The molecule has 0 radical (unpaired) electrons. The van der Waals surface area contributed by atoms with Crippen molar-refractivity contribution in [1.82, 2.24) is 4.90 Å². The van der Waals surface area contributed by atoms with Gasteiger partial charge in [-0.1, -0.05) is 0 Å². The fourth-order valence-corrected chi connectivity index (χ4v) is 3.92. The van der Waals surface area contributed by atoms with E-state index in [0.717, 1.165) is 8.26 Å².